The molecule has 1 fully saturated rings. The van der Waals surface area contributed by atoms with Crippen molar-refractivity contribution in [3.63, 3.8) is 0 Å². The molecule has 2 aromatic rings. The molecular weight excluding hydrogens is 405 g/mol. The standard InChI is InChI=1S/C19H17F7N2O/c20-16-11-13(18(21,22)23)3-6-15(16)17(28-9-7-27-8-10-28)12-1-4-14(5-2-12)29-19(24,25)26/h1-6,11,17,27H,7-10H2/t17-/m0/s1. The Labute approximate surface area is 162 Å². The Bertz CT molecular complexity index is 828. The number of nitrogens with zero attached hydrogens (tertiary/aromatic N) is 1. The molecule has 0 aromatic heterocycles. The zero-order chi connectivity index (χ0) is 21.2. The Balaban J connectivity index is 1.97. The smallest absolute Gasteiger partial charge is 0.406 e. The molecule has 1 atom stereocenters. The summed E-state index contributed by atoms with van der Waals surface area (Å²) in [5, 5.41) is 3.12. The van der Waals surface area contributed by atoms with Crippen LogP contribution in [0.15, 0.2) is 42.5 Å². The first-order valence-corrected chi connectivity index (χ1v) is 8.72. The summed E-state index contributed by atoms with van der Waals surface area (Å²) in [5.41, 5.74) is -0.642. The molecular formula is C19H17F7N2O. The van der Waals surface area contributed by atoms with Crippen LogP contribution in [-0.2, 0) is 6.18 Å². The highest BCUT2D eigenvalue weighted by Crippen LogP contribution is 2.36. The minimum absolute atomic E-state index is 0.0180. The van der Waals surface area contributed by atoms with Gasteiger partial charge in [-0.15, -0.1) is 13.2 Å². The van der Waals surface area contributed by atoms with Crippen molar-refractivity contribution in [2.24, 2.45) is 0 Å². The monoisotopic (exact) mass is 422 g/mol. The van der Waals surface area contributed by atoms with E-state index in [0.717, 1.165) is 24.3 Å². The van der Waals surface area contributed by atoms with Gasteiger partial charge in [0, 0.05) is 31.7 Å². The van der Waals surface area contributed by atoms with E-state index < -0.39 is 35.7 Å². The number of piperazine rings is 1. The van der Waals surface area contributed by atoms with Crippen LogP contribution in [0.2, 0.25) is 0 Å². The van der Waals surface area contributed by atoms with E-state index in [-0.39, 0.29) is 5.56 Å². The van der Waals surface area contributed by atoms with Crippen molar-refractivity contribution in [1.82, 2.24) is 10.2 Å². The van der Waals surface area contributed by atoms with E-state index in [0.29, 0.717) is 37.8 Å². The number of nitrogens with one attached hydrogen (secondary N) is 1. The molecule has 0 unspecified atom stereocenters. The van der Waals surface area contributed by atoms with E-state index in [1.165, 1.54) is 12.1 Å². The summed E-state index contributed by atoms with van der Waals surface area (Å²) >= 11 is 0. The van der Waals surface area contributed by atoms with Gasteiger partial charge >= 0.3 is 12.5 Å². The molecule has 1 aliphatic heterocycles. The SMILES string of the molecule is Fc1cc(C(F)(F)F)ccc1[C@H](c1ccc(OC(F)(F)F)cc1)N1CCNCC1. The lowest BCUT2D eigenvalue weighted by Gasteiger charge is -2.36. The zero-order valence-corrected chi connectivity index (χ0v) is 14.9. The molecule has 2 aromatic carbocycles. The van der Waals surface area contributed by atoms with Gasteiger partial charge in [-0.1, -0.05) is 18.2 Å². The van der Waals surface area contributed by atoms with Crippen molar-refractivity contribution in [2.75, 3.05) is 26.2 Å². The van der Waals surface area contributed by atoms with Gasteiger partial charge in [0.25, 0.3) is 0 Å². The van der Waals surface area contributed by atoms with Crippen LogP contribution in [0.5, 0.6) is 5.75 Å². The zero-order valence-electron chi connectivity index (χ0n) is 14.9. The molecule has 3 nitrogen and oxygen atoms in total. The van der Waals surface area contributed by atoms with E-state index in [2.05, 4.69) is 10.1 Å². The van der Waals surface area contributed by atoms with Crippen molar-refractivity contribution in [3.8, 4) is 5.75 Å². The molecule has 0 bridgehead atoms. The predicted octanol–water partition coefficient (Wildman–Crippen LogP) is 4.74. The molecule has 29 heavy (non-hydrogen) atoms. The van der Waals surface area contributed by atoms with Gasteiger partial charge in [-0.25, -0.2) is 4.39 Å². The van der Waals surface area contributed by atoms with Crippen LogP contribution < -0.4 is 10.1 Å². The van der Waals surface area contributed by atoms with Gasteiger partial charge in [-0.3, -0.25) is 4.90 Å². The lowest BCUT2D eigenvalue weighted by atomic mass is 9.94. The first-order valence-electron chi connectivity index (χ1n) is 8.72. The quantitative estimate of drug-likeness (QED) is 0.721. The predicted molar refractivity (Wildman–Crippen MR) is 90.8 cm³/mol. The number of hydrogen-bond donors (Lipinski definition) is 1. The van der Waals surface area contributed by atoms with Gasteiger partial charge in [-0.2, -0.15) is 13.2 Å². The second kappa shape index (κ2) is 8.19. The topological polar surface area (TPSA) is 24.5 Å². The third-order valence-electron chi connectivity index (χ3n) is 4.57. The molecule has 1 N–H and O–H groups in total. The number of benzene rings is 2. The molecule has 1 aliphatic rings. The van der Waals surface area contributed by atoms with Crippen molar-refractivity contribution >= 4 is 0 Å². The van der Waals surface area contributed by atoms with E-state index in [4.69, 9.17) is 0 Å². The van der Waals surface area contributed by atoms with Crippen molar-refractivity contribution in [2.45, 2.75) is 18.6 Å². The Kier molecular flexibility index (Phi) is 6.04. The first-order chi connectivity index (χ1) is 13.5. The van der Waals surface area contributed by atoms with Crippen molar-refractivity contribution in [3.05, 3.63) is 65.0 Å². The summed E-state index contributed by atoms with van der Waals surface area (Å²) in [5.74, 6) is -1.47. The molecule has 158 valence electrons. The van der Waals surface area contributed by atoms with Crippen LogP contribution in [0.4, 0.5) is 30.7 Å². The van der Waals surface area contributed by atoms with Crippen LogP contribution >= 0.6 is 0 Å². The highest BCUT2D eigenvalue weighted by molar-refractivity contribution is 5.38. The normalized spacial score (nSPS) is 17.2. The van der Waals surface area contributed by atoms with E-state index in [1.807, 2.05) is 4.90 Å². The summed E-state index contributed by atoms with van der Waals surface area (Å²) in [6.07, 6.45) is -9.53. The second-order valence-corrected chi connectivity index (χ2v) is 6.54. The Morgan fingerprint density at radius 2 is 1.52 bits per heavy atom. The van der Waals surface area contributed by atoms with Crippen molar-refractivity contribution in [1.29, 1.82) is 0 Å². The molecule has 0 aliphatic carbocycles. The number of hydrogen-bond acceptors (Lipinski definition) is 3. The third kappa shape index (κ3) is 5.39. The summed E-state index contributed by atoms with van der Waals surface area (Å²) in [6.45, 7) is 2.17. The second-order valence-electron chi connectivity index (χ2n) is 6.54. The first kappa shape index (κ1) is 21.4. The summed E-state index contributed by atoms with van der Waals surface area (Å²) < 4.78 is 94.2. The molecule has 0 saturated carbocycles. The molecule has 0 spiro atoms. The highest BCUT2D eigenvalue weighted by Gasteiger charge is 2.34. The lowest BCUT2D eigenvalue weighted by Crippen LogP contribution is -2.45. The number of rotatable bonds is 4. The Hall–Kier alpha value is -2.33. The molecule has 3 rings (SSSR count). The maximum absolute atomic E-state index is 14.7. The molecule has 1 saturated heterocycles. The van der Waals surface area contributed by atoms with Gasteiger partial charge in [0.15, 0.2) is 0 Å². The van der Waals surface area contributed by atoms with Gasteiger partial charge in [0.2, 0.25) is 0 Å². The fourth-order valence-electron chi connectivity index (χ4n) is 3.30. The molecule has 10 heteroatoms. The molecule has 0 radical (unpaired) electrons. The van der Waals surface area contributed by atoms with E-state index in [9.17, 15) is 30.7 Å². The van der Waals surface area contributed by atoms with Crippen LogP contribution in [0.25, 0.3) is 0 Å². The number of halogens is 7. The average molecular weight is 422 g/mol. The number of ether oxygens (including phenoxy) is 1. The Morgan fingerprint density at radius 3 is 2.03 bits per heavy atom. The minimum Gasteiger partial charge on any atom is -0.406 e. The summed E-state index contributed by atoms with van der Waals surface area (Å²) in [4.78, 5) is 1.86. The molecule has 0 amide bonds. The van der Waals surface area contributed by atoms with Crippen LogP contribution in [0.3, 0.4) is 0 Å². The largest absolute Gasteiger partial charge is 0.573 e. The van der Waals surface area contributed by atoms with E-state index in [1.54, 1.807) is 0 Å². The van der Waals surface area contributed by atoms with Crippen LogP contribution in [0.1, 0.15) is 22.7 Å². The fraction of sp³-hybridized carbons (Fsp3) is 0.368. The maximum Gasteiger partial charge on any atom is 0.573 e. The van der Waals surface area contributed by atoms with Gasteiger partial charge in [0.1, 0.15) is 11.6 Å². The van der Waals surface area contributed by atoms with Crippen molar-refractivity contribution < 1.29 is 35.5 Å². The van der Waals surface area contributed by atoms with E-state index >= 15 is 0 Å². The molecule has 1 heterocycles. The summed E-state index contributed by atoms with van der Waals surface area (Å²) in [6, 6.07) is 6.46. The van der Waals surface area contributed by atoms with Gasteiger partial charge in [-0.05, 0) is 29.8 Å². The van der Waals surface area contributed by atoms with Gasteiger partial charge < -0.3 is 10.1 Å². The third-order valence-corrected chi connectivity index (χ3v) is 4.57. The maximum atomic E-state index is 14.7. The van der Waals surface area contributed by atoms with Crippen LogP contribution in [0, 0.1) is 5.82 Å². The highest BCUT2D eigenvalue weighted by atomic mass is 19.4. The van der Waals surface area contributed by atoms with Gasteiger partial charge in [0.05, 0.1) is 11.6 Å². The minimum atomic E-state index is -4.85. The number of alkyl halides is 6. The average Bonchev–Trinajstić information content (AvgIpc) is 2.63. The fourth-order valence-corrected chi connectivity index (χ4v) is 3.30. The lowest BCUT2D eigenvalue weighted by molar-refractivity contribution is -0.274. The Morgan fingerprint density at radius 1 is 0.897 bits per heavy atom. The summed E-state index contributed by atoms with van der Waals surface area (Å²) in [7, 11) is 0. The van der Waals surface area contributed by atoms with Crippen LogP contribution in [-0.4, -0.2) is 37.4 Å².